The average Bonchev–Trinajstić information content (AvgIpc) is 2.77. The Kier molecular flexibility index (Phi) is 6.93. The molecule has 162 valence electrons. The lowest BCUT2D eigenvalue weighted by Gasteiger charge is -2.33. The van der Waals surface area contributed by atoms with E-state index in [-0.39, 0.29) is 6.10 Å². The van der Waals surface area contributed by atoms with Gasteiger partial charge in [-0.05, 0) is 67.3 Å². The highest BCUT2D eigenvalue weighted by atomic mass is 16.5. The molecule has 0 spiro atoms. The normalized spacial score (nSPS) is 20.7. The van der Waals surface area contributed by atoms with E-state index in [4.69, 9.17) is 9.47 Å². The predicted molar refractivity (Wildman–Crippen MR) is 119 cm³/mol. The maximum atomic E-state index is 9.62. The first-order valence-corrected chi connectivity index (χ1v) is 11.1. The molecule has 2 aromatic carbocycles. The molecule has 1 saturated heterocycles. The average molecular weight is 411 g/mol. The van der Waals surface area contributed by atoms with Crippen LogP contribution in [-0.4, -0.2) is 68.0 Å². The van der Waals surface area contributed by atoms with Crippen LogP contribution >= 0.6 is 0 Å². The summed E-state index contributed by atoms with van der Waals surface area (Å²) >= 11 is 0. The quantitative estimate of drug-likeness (QED) is 0.708. The van der Waals surface area contributed by atoms with Crippen LogP contribution in [0.25, 0.3) is 0 Å². The Balaban J connectivity index is 1.36. The Hall–Kier alpha value is -2.08. The molecule has 0 bridgehead atoms. The molecule has 2 heterocycles. The molecular formula is C25H34N2O3. The molecule has 4 rings (SSSR count). The van der Waals surface area contributed by atoms with Crippen molar-refractivity contribution in [2.24, 2.45) is 0 Å². The standard InChI is InChI=1S/C25H34N2O3/c1-26-17-20-16-23(30-15-3-12-27-13-10-21(28)11-14-27)8-9-24(20)25(18-26)19-4-6-22(29-2)7-5-19/h4-9,16,21,25,28H,3,10-15,17-18H2,1-2H3. The molecule has 0 radical (unpaired) electrons. The number of aliphatic hydroxyl groups excluding tert-OH is 1. The fourth-order valence-corrected chi connectivity index (χ4v) is 4.66. The molecule has 5 heteroatoms. The van der Waals surface area contributed by atoms with Crippen LogP contribution in [0.5, 0.6) is 11.5 Å². The summed E-state index contributed by atoms with van der Waals surface area (Å²) in [5, 5.41) is 9.62. The third-order valence-corrected chi connectivity index (χ3v) is 6.39. The number of methoxy groups -OCH3 is 1. The number of ether oxygens (including phenoxy) is 2. The van der Waals surface area contributed by atoms with Crippen LogP contribution in [0.15, 0.2) is 42.5 Å². The highest BCUT2D eigenvalue weighted by Crippen LogP contribution is 2.35. The maximum absolute atomic E-state index is 9.62. The molecule has 0 amide bonds. The Morgan fingerprint density at radius 3 is 2.50 bits per heavy atom. The fourth-order valence-electron chi connectivity index (χ4n) is 4.66. The van der Waals surface area contributed by atoms with E-state index in [0.717, 1.165) is 70.1 Å². The Labute approximate surface area is 180 Å². The second-order valence-electron chi connectivity index (χ2n) is 8.66. The number of likely N-dealkylation sites (N-methyl/N-ethyl adjacent to an activating group) is 1. The van der Waals surface area contributed by atoms with Gasteiger partial charge in [-0.2, -0.15) is 0 Å². The number of fused-ring (bicyclic) bond motifs is 1. The Morgan fingerprint density at radius 1 is 1.03 bits per heavy atom. The summed E-state index contributed by atoms with van der Waals surface area (Å²) in [5.74, 6) is 2.23. The lowest BCUT2D eigenvalue weighted by atomic mass is 9.84. The summed E-state index contributed by atoms with van der Waals surface area (Å²) in [6, 6.07) is 15.0. The van der Waals surface area contributed by atoms with Crippen LogP contribution in [0, 0.1) is 0 Å². The zero-order chi connectivity index (χ0) is 20.9. The number of aliphatic hydroxyl groups is 1. The van der Waals surface area contributed by atoms with Crippen LogP contribution < -0.4 is 9.47 Å². The first-order valence-electron chi connectivity index (χ1n) is 11.1. The minimum atomic E-state index is -0.104. The van der Waals surface area contributed by atoms with Gasteiger partial charge >= 0.3 is 0 Å². The zero-order valence-corrected chi connectivity index (χ0v) is 18.2. The van der Waals surface area contributed by atoms with Crippen LogP contribution in [0.1, 0.15) is 41.9 Å². The SMILES string of the molecule is COc1ccc(C2CN(C)Cc3cc(OCCCN4CCC(O)CC4)ccc32)cc1. The number of rotatable bonds is 7. The molecule has 0 saturated carbocycles. The van der Waals surface area contributed by atoms with Gasteiger partial charge in [0.05, 0.1) is 19.8 Å². The van der Waals surface area contributed by atoms with Gasteiger partial charge in [-0.25, -0.2) is 0 Å². The van der Waals surface area contributed by atoms with Crippen LogP contribution in [0.2, 0.25) is 0 Å². The lowest BCUT2D eigenvalue weighted by Crippen LogP contribution is -2.36. The Bertz CT molecular complexity index is 816. The molecule has 2 aliphatic heterocycles. The smallest absolute Gasteiger partial charge is 0.119 e. The lowest BCUT2D eigenvalue weighted by molar-refractivity contribution is 0.0800. The van der Waals surface area contributed by atoms with Crippen LogP contribution in [0.4, 0.5) is 0 Å². The van der Waals surface area contributed by atoms with Gasteiger partial charge in [-0.3, -0.25) is 0 Å². The van der Waals surface area contributed by atoms with E-state index in [1.165, 1.54) is 16.7 Å². The molecule has 30 heavy (non-hydrogen) atoms. The number of nitrogens with zero attached hydrogens (tertiary/aromatic N) is 2. The van der Waals surface area contributed by atoms with Crippen molar-refractivity contribution in [2.45, 2.75) is 37.8 Å². The van der Waals surface area contributed by atoms with Gasteiger partial charge in [-0.15, -0.1) is 0 Å². The first kappa shape index (κ1) is 21.2. The van der Waals surface area contributed by atoms with E-state index in [2.05, 4.69) is 47.2 Å². The molecule has 0 aliphatic carbocycles. The summed E-state index contributed by atoms with van der Waals surface area (Å²) < 4.78 is 11.4. The molecule has 1 atom stereocenters. The summed E-state index contributed by atoms with van der Waals surface area (Å²) in [6.07, 6.45) is 2.71. The minimum Gasteiger partial charge on any atom is -0.497 e. The highest BCUT2D eigenvalue weighted by molar-refractivity contribution is 5.45. The number of piperidine rings is 1. The van der Waals surface area contributed by atoms with Crippen molar-refractivity contribution in [3.05, 3.63) is 59.2 Å². The minimum absolute atomic E-state index is 0.104. The maximum Gasteiger partial charge on any atom is 0.119 e. The van der Waals surface area contributed by atoms with Gasteiger partial charge in [0.25, 0.3) is 0 Å². The van der Waals surface area contributed by atoms with E-state index in [9.17, 15) is 5.11 Å². The van der Waals surface area contributed by atoms with Gasteiger partial charge in [0.2, 0.25) is 0 Å². The molecule has 2 aliphatic rings. The van der Waals surface area contributed by atoms with Gasteiger partial charge < -0.3 is 24.4 Å². The molecule has 2 aromatic rings. The summed E-state index contributed by atoms with van der Waals surface area (Å²) in [7, 11) is 3.89. The Morgan fingerprint density at radius 2 is 1.77 bits per heavy atom. The second kappa shape index (κ2) is 9.82. The monoisotopic (exact) mass is 410 g/mol. The van der Waals surface area contributed by atoms with E-state index in [0.29, 0.717) is 5.92 Å². The second-order valence-corrected chi connectivity index (χ2v) is 8.66. The number of benzene rings is 2. The predicted octanol–water partition coefficient (Wildman–Crippen LogP) is 3.50. The molecule has 1 fully saturated rings. The molecular weight excluding hydrogens is 376 g/mol. The number of likely N-dealkylation sites (tertiary alicyclic amines) is 1. The molecule has 1 unspecified atom stereocenters. The van der Waals surface area contributed by atoms with E-state index >= 15 is 0 Å². The third kappa shape index (κ3) is 5.15. The highest BCUT2D eigenvalue weighted by Gasteiger charge is 2.25. The summed E-state index contributed by atoms with van der Waals surface area (Å²) in [5.41, 5.74) is 4.08. The molecule has 5 nitrogen and oxygen atoms in total. The van der Waals surface area contributed by atoms with Crippen LogP contribution in [-0.2, 0) is 6.54 Å². The number of hydrogen-bond acceptors (Lipinski definition) is 5. The van der Waals surface area contributed by atoms with E-state index in [1.54, 1.807) is 7.11 Å². The largest absolute Gasteiger partial charge is 0.497 e. The molecule has 0 aromatic heterocycles. The van der Waals surface area contributed by atoms with Crippen molar-refractivity contribution in [2.75, 3.05) is 46.9 Å². The van der Waals surface area contributed by atoms with Gasteiger partial charge in [0, 0.05) is 38.6 Å². The topological polar surface area (TPSA) is 45.2 Å². The summed E-state index contributed by atoms with van der Waals surface area (Å²) in [4.78, 5) is 4.81. The van der Waals surface area contributed by atoms with Crippen molar-refractivity contribution in [1.29, 1.82) is 0 Å². The molecule has 1 N–H and O–H groups in total. The first-order chi connectivity index (χ1) is 14.6. The number of hydrogen-bond donors (Lipinski definition) is 1. The van der Waals surface area contributed by atoms with Gasteiger partial charge in [-0.1, -0.05) is 18.2 Å². The van der Waals surface area contributed by atoms with Gasteiger partial charge in [0.15, 0.2) is 0 Å². The zero-order valence-electron chi connectivity index (χ0n) is 18.2. The van der Waals surface area contributed by atoms with E-state index in [1.807, 2.05) is 12.1 Å². The van der Waals surface area contributed by atoms with Crippen molar-refractivity contribution >= 4 is 0 Å². The van der Waals surface area contributed by atoms with Crippen molar-refractivity contribution in [3.63, 3.8) is 0 Å². The van der Waals surface area contributed by atoms with Crippen molar-refractivity contribution in [1.82, 2.24) is 9.80 Å². The third-order valence-electron chi connectivity index (χ3n) is 6.39. The summed E-state index contributed by atoms with van der Waals surface area (Å²) in [6.45, 7) is 5.74. The van der Waals surface area contributed by atoms with E-state index < -0.39 is 0 Å². The van der Waals surface area contributed by atoms with Gasteiger partial charge in [0.1, 0.15) is 11.5 Å². The van der Waals surface area contributed by atoms with Crippen molar-refractivity contribution in [3.8, 4) is 11.5 Å². The van der Waals surface area contributed by atoms with Crippen molar-refractivity contribution < 1.29 is 14.6 Å². The fraction of sp³-hybridized carbons (Fsp3) is 0.520. The van der Waals surface area contributed by atoms with Crippen LogP contribution in [0.3, 0.4) is 0 Å².